The summed E-state index contributed by atoms with van der Waals surface area (Å²) < 4.78 is 4.29. The van der Waals surface area contributed by atoms with Crippen LogP contribution in [-0.4, -0.2) is 61.8 Å². The summed E-state index contributed by atoms with van der Waals surface area (Å²) in [6.07, 6.45) is -1.39. The zero-order chi connectivity index (χ0) is 12.8. The number of aliphatic hydroxyl groups excluding tert-OH is 1. The van der Waals surface area contributed by atoms with Crippen molar-refractivity contribution >= 4 is 17.8 Å². The molecule has 96 valence electrons. The molecule has 0 aromatic carbocycles. The van der Waals surface area contributed by atoms with Crippen LogP contribution in [0.4, 0.5) is 0 Å². The molecule has 0 saturated carbocycles. The minimum absolute atomic E-state index is 0.0671. The Kier molecular flexibility index (Phi) is 4.85. The first-order chi connectivity index (χ1) is 8.04. The summed E-state index contributed by atoms with van der Waals surface area (Å²) in [5.41, 5.74) is 0. The summed E-state index contributed by atoms with van der Waals surface area (Å²) in [5, 5.41) is 16.8. The van der Waals surface area contributed by atoms with Crippen molar-refractivity contribution in [1.29, 1.82) is 0 Å². The van der Waals surface area contributed by atoms with E-state index in [4.69, 9.17) is 0 Å². The number of esters is 1. The molecule has 0 bridgehead atoms. The maximum absolute atomic E-state index is 11.5. The van der Waals surface area contributed by atoms with Crippen molar-refractivity contribution in [2.24, 2.45) is 0 Å². The summed E-state index contributed by atoms with van der Waals surface area (Å²) in [4.78, 5) is 33.2. The van der Waals surface area contributed by atoms with Crippen molar-refractivity contribution in [2.45, 2.75) is 12.1 Å². The Morgan fingerprint density at radius 2 is 2.35 bits per heavy atom. The van der Waals surface area contributed by atoms with Gasteiger partial charge in [0.1, 0.15) is 6.04 Å². The van der Waals surface area contributed by atoms with Crippen LogP contribution in [0, 0.1) is 0 Å². The first-order valence-corrected chi connectivity index (χ1v) is 5.08. The molecular weight excluding hydrogens is 230 g/mol. The molecule has 0 aromatic heterocycles. The quantitative estimate of drug-likeness (QED) is 0.386. The normalized spacial score (nSPS) is 21.3. The van der Waals surface area contributed by atoms with Gasteiger partial charge in [0.05, 0.1) is 20.2 Å². The van der Waals surface area contributed by atoms with Gasteiger partial charge < -0.3 is 20.5 Å². The second kappa shape index (κ2) is 6.16. The van der Waals surface area contributed by atoms with Crippen molar-refractivity contribution in [3.63, 3.8) is 0 Å². The first-order valence-electron chi connectivity index (χ1n) is 5.08. The maximum Gasteiger partial charge on any atom is 0.336 e. The van der Waals surface area contributed by atoms with E-state index in [-0.39, 0.29) is 25.5 Å². The average Bonchev–Trinajstić information content (AvgIpc) is 2.35. The number of piperazine rings is 1. The van der Waals surface area contributed by atoms with Gasteiger partial charge in [-0.3, -0.25) is 14.9 Å². The molecular formula is C9H15N3O5. The predicted molar refractivity (Wildman–Crippen MR) is 55.8 cm³/mol. The summed E-state index contributed by atoms with van der Waals surface area (Å²) in [6, 6.07) is -0.558. The lowest BCUT2D eigenvalue weighted by Crippen LogP contribution is -2.58. The van der Waals surface area contributed by atoms with Gasteiger partial charge in [0.2, 0.25) is 11.8 Å². The Hall–Kier alpha value is -1.67. The largest absolute Gasteiger partial charge is 0.467 e. The molecule has 4 N–H and O–H groups in total. The number of methoxy groups -OCH3 is 1. The van der Waals surface area contributed by atoms with Crippen LogP contribution < -0.4 is 16.0 Å². The van der Waals surface area contributed by atoms with Crippen LogP contribution in [0.2, 0.25) is 0 Å². The number of amides is 2. The summed E-state index contributed by atoms with van der Waals surface area (Å²) in [6.45, 7) is 0.0221. The second-order valence-electron chi connectivity index (χ2n) is 3.52. The Balaban J connectivity index is 2.30. The van der Waals surface area contributed by atoms with E-state index in [2.05, 4.69) is 20.7 Å². The molecule has 1 fully saturated rings. The smallest absolute Gasteiger partial charge is 0.336 e. The van der Waals surface area contributed by atoms with Gasteiger partial charge in [-0.2, -0.15) is 0 Å². The van der Waals surface area contributed by atoms with Crippen molar-refractivity contribution < 1.29 is 24.2 Å². The van der Waals surface area contributed by atoms with Gasteiger partial charge in [-0.25, -0.2) is 4.79 Å². The Labute approximate surface area is 97.7 Å². The lowest BCUT2D eigenvalue weighted by Gasteiger charge is -2.23. The molecule has 1 aliphatic rings. The molecule has 0 aromatic rings. The van der Waals surface area contributed by atoms with Gasteiger partial charge >= 0.3 is 5.97 Å². The van der Waals surface area contributed by atoms with Gasteiger partial charge in [-0.15, -0.1) is 0 Å². The third-order valence-corrected chi connectivity index (χ3v) is 2.27. The first kappa shape index (κ1) is 13.4. The number of nitrogens with one attached hydrogen (secondary N) is 3. The lowest BCUT2D eigenvalue weighted by atomic mass is 10.2. The molecule has 2 amide bonds. The molecule has 2 unspecified atom stereocenters. The maximum atomic E-state index is 11.5. The van der Waals surface area contributed by atoms with Crippen molar-refractivity contribution in [3.8, 4) is 0 Å². The van der Waals surface area contributed by atoms with Gasteiger partial charge in [0.15, 0.2) is 6.10 Å². The third-order valence-electron chi connectivity index (χ3n) is 2.27. The summed E-state index contributed by atoms with van der Waals surface area (Å²) in [7, 11) is 1.14. The second-order valence-corrected chi connectivity index (χ2v) is 3.52. The molecule has 8 heteroatoms. The van der Waals surface area contributed by atoms with Crippen LogP contribution in [0.5, 0.6) is 0 Å². The average molecular weight is 245 g/mol. The molecule has 8 nitrogen and oxygen atoms in total. The molecule has 0 radical (unpaired) electrons. The van der Waals surface area contributed by atoms with E-state index >= 15 is 0 Å². The van der Waals surface area contributed by atoms with Gasteiger partial charge in [-0.05, 0) is 0 Å². The fourth-order valence-electron chi connectivity index (χ4n) is 1.29. The van der Waals surface area contributed by atoms with Crippen molar-refractivity contribution in [2.75, 3.05) is 26.7 Å². The number of ether oxygens (including phenoxy) is 1. The third kappa shape index (κ3) is 4.00. The molecule has 1 aliphatic heterocycles. The summed E-state index contributed by atoms with van der Waals surface area (Å²) in [5.74, 6) is -1.38. The minimum Gasteiger partial charge on any atom is -0.467 e. The number of carbonyl (C=O) groups is 3. The predicted octanol–water partition coefficient (Wildman–Crippen LogP) is -3.28. The lowest BCUT2D eigenvalue weighted by molar-refractivity contribution is -0.150. The van der Waals surface area contributed by atoms with E-state index in [0.29, 0.717) is 0 Å². The van der Waals surface area contributed by atoms with Crippen LogP contribution in [0.3, 0.4) is 0 Å². The van der Waals surface area contributed by atoms with Gasteiger partial charge in [0, 0.05) is 6.54 Å². The Bertz CT molecular complexity index is 310. The van der Waals surface area contributed by atoms with E-state index < -0.39 is 24.0 Å². The zero-order valence-electron chi connectivity index (χ0n) is 9.36. The van der Waals surface area contributed by atoms with E-state index in [1.807, 2.05) is 0 Å². The van der Waals surface area contributed by atoms with E-state index in [9.17, 15) is 19.5 Å². The fraction of sp³-hybridized carbons (Fsp3) is 0.667. The van der Waals surface area contributed by atoms with Crippen molar-refractivity contribution in [1.82, 2.24) is 16.0 Å². The van der Waals surface area contributed by atoms with Crippen molar-refractivity contribution in [3.05, 3.63) is 0 Å². The van der Waals surface area contributed by atoms with Crippen LogP contribution in [0.1, 0.15) is 0 Å². The highest BCUT2D eigenvalue weighted by Crippen LogP contribution is 1.90. The highest BCUT2D eigenvalue weighted by atomic mass is 16.5. The monoisotopic (exact) mass is 245 g/mol. The molecule has 0 aliphatic carbocycles. The van der Waals surface area contributed by atoms with Crippen LogP contribution in [0.15, 0.2) is 0 Å². The highest BCUT2D eigenvalue weighted by molar-refractivity contribution is 5.87. The summed E-state index contributed by atoms with van der Waals surface area (Å²) >= 11 is 0. The molecule has 1 saturated heterocycles. The number of aliphatic hydroxyl groups is 1. The SMILES string of the molecule is COC(=O)C(O)CNC(=O)C1CNC(=O)CN1. The van der Waals surface area contributed by atoms with Crippen LogP contribution in [-0.2, 0) is 19.1 Å². The van der Waals surface area contributed by atoms with E-state index in [1.165, 1.54) is 0 Å². The molecule has 17 heavy (non-hydrogen) atoms. The van der Waals surface area contributed by atoms with Crippen LogP contribution >= 0.6 is 0 Å². The highest BCUT2D eigenvalue weighted by Gasteiger charge is 2.25. The zero-order valence-corrected chi connectivity index (χ0v) is 9.36. The minimum atomic E-state index is -1.39. The van der Waals surface area contributed by atoms with Crippen LogP contribution in [0.25, 0.3) is 0 Å². The topological polar surface area (TPSA) is 117 Å². The van der Waals surface area contributed by atoms with E-state index in [1.54, 1.807) is 0 Å². The molecule has 1 heterocycles. The Morgan fingerprint density at radius 1 is 1.65 bits per heavy atom. The van der Waals surface area contributed by atoms with Gasteiger partial charge in [0.25, 0.3) is 0 Å². The van der Waals surface area contributed by atoms with E-state index in [0.717, 1.165) is 7.11 Å². The van der Waals surface area contributed by atoms with Gasteiger partial charge in [-0.1, -0.05) is 0 Å². The number of rotatable bonds is 4. The molecule has 0 spiro atoms. The number of hydrogen-bond acceptors (Lipinski definition) is 6. The number of hydrogen-bond donors (Lipinski definition) is 4. The molecule has 2 atom stereocenters. The number of carbonyl (C=O) groups excluding carboxylic acids is 3. The fourth-order valence-corrected chi connectivity index (χ4v) is 1.29. The standard InChI is InChI=1S/C9H15N3O5/c1-17-9(16)6(13)3-12-8(15)5-2-11-7(14)4-10-5/h5-6,10,13H,2-4H2,1H3,(H,11,14)(H,12,15). The Morgan fingerprint density at radius 3 is 2.88 bits per heavy atom. The molecule has 1 rings (SSSR count).